The summed E-state index contributed by atoms with van der Waals surface area (Å²) in [5.41, 5.74) is 7.78. The fourth-order valence-corrected chi connectivity index (χ4v) is 1.40. The number of carbonyl (C=O) groups is 1. The van der Waals surface area contributed by atoms with Crippen molar-refractivity contribution in [1.29, 1.82) is 0 Å². The molecule has 0 saturated heterocycles. The second-order valence-electron chi connectivity index (χ2n) is 3.56. The van der Waals surface area contributed by atoms with E-state index in [-0.39, 0.29) is 18.4 Å². The SMILES string of the molecule is COC[C@H](N)c1ccc(CC(=O)OC)cc1. The molecule has 4 nitrogen and oxygen atoms in total. The van der Waals surface area contributed by atoms with Crippen LogP contribution in [0, 0.1) is 0 Å². The number of methoxy groups -OCH3 is 2. The Morgan fingerprint density at radius 3 is 2.44 bits per heavy atom. The van der Waals surface area contributed by atoms with E-state index in [9.17, 15) is 4.79 Å². The van der Waals surface area contributed by atoms with Crippen LogP contribution in [0.5, 0.6) is 0 Å². The van der Waals surface area contributed by atoms with Crippen LogP contribution in [0.1, 0.15) is 17.2 Å². The molecule has 0 radical (unpaired) electrons. The Hall–Kier alpha value is -1.39. The molecule has 4 heteroatoms. The smallest absolute Gasteiger partial charge is 0.309 e. The Kier molecular flexibility index (Phi) is 4.95. The molecule has 0 fully saturated rings. The van der Waals surface area contributed by atoms with Gasteiger partial charge in [-0.1, -0.05) is 24.3 Å². The minimum Gasteiger partial charge on any atom is -0.469 e. The molecule has 0 heterocycles. The maximum Gasteiger partial charge on any atom is 0.309 e. The topological polar surface area (TPSA) is 61.5 Å². The van der Waals surface area contributed by atoms with E-state index < -0.39 is 0 Å². The van der Waals surface area contributed by atoms with E-state index in [2.05, 4.69) is 4.74 Å². The number of hydrogen-bond donors (Lipinski definition) is 1. The zero-order valence-corrected chi connectivity index (χ0v) is 9.60. The highest BCUT2D eigenvalue weighted by Gasteiger charge is 2.06. The number of hydrogen-bond acceptors (Lipinski definition) is 4. The van der Waals surface area contributed by atoms with Crippen molar-refractivity contribution in [2.75, 3.05) is 20.8 Å². The zero-order valence-electron chi connectivity index (χ0n) is 9.60. The standard InChI is InChI=1S/C12H17NO3/c1-15-8-11(13)10-5-3-9(4-6-10)7-12(14)16-2/h3-6,11H,7-8,13H2,1-2H3/t11-/m0/s1. The highest BCUT2D eigenvalue weighted by molar-refractivity contribution is 5.72. The number of nitrogens with two attached hydrogens (primary N) is 1. The minimum absolute atomic E-state index is 0.128. The van der Waals surface area contributed by atoms with Crippen LogP contribution in [0.3, 0.4) is 0 Å². The van der Waals surface area contributed by atoms with E-state index in [4.69, 9.17) is 10.5 Å². The highest BCUT2D eigenvalue weighted by atomic mass is 16.5. The average molecular weight is 223 g/mol. The summed E-state index contributed by atoms with van der Waals surface area (Å²) in [6.45, 7) is 0.482. The summed E-state index contributed by atoms with van der Waals surface area (Å²) in [6, 6.07) is 7.44. The predicted octanol–water partition coefficient (Wildman–Crippen LogP) is 1.05. The molecule has 0 spiro atoms. The number of benzene rings is 1. The first-order chi connectivity index (χ1) is 7.67. The third-order valence-corrected chi connectivity index (χ3v) is 2.33. The van der Waals surface area contributed by atoms with Crippen molar-refractivity contribution in [3.63, 3.8) is 0 Å². The molecule has 0 aromatic heterocycles. The highest BCUT2D eigenvalue weighted by Crippen LogP contribution is 2.12. The van der Waals surface area contributed by atoms with Crippen molar-refractivity contribution < 1.29 is 14.3 Å². The average Bonchev–Trinajstić information content (AvgIpc) is 2.30. The summed E-state index contributed by atoms with van der Waals surface area (Å²) >= 11 is 0. The van der Waals surface area contributed by atoms with Crippen molar-refractivity contribution in [3.05, 3.63) is 35.4 Å². The van der Waals surface area contributed by atoms with Gasteiger partial charge in [0.05, 0.1) is 26.2 Å². The number of rotatable bonds is 5. The molecular weight excluding hydrogens is 206 g/mol. The van der Waals surface area contributed by atoms with Crippen LogP contribution in [0.25, 0.3) is 0 Å². The van der Waals surface area contributed by atoms with Crippen LogP contribution in [-0.4, -0.2) is 26.8 Å². The normalized spacial score (nSPS) is 12.2. The number of ether oxygens (including phenoxy) is 2. The molecular formula is C12H17NO3. The molecule has 88 valence electrons. The molecule has 0 aliphatic carbocycles. The van der Waals surface area contributed by atoms with Gasteiger partial charge in [-0.15, -0.1) is 0 Å². The fourth-order valence-electron chi connectivity index (χ4n) is 1.40. The van der Waals surface area contributed by atoms with Gasteiger partial charge in [-0.05, 0) is 11.1 Å². The van der Waals surface area contributed by atoms with E-state index in [1.54, 1.807) is 7.11 Å². The van der Waals surface area contributed by atoms with Crippen LogP contribution < -0.4 is 5.73 Å². The summed E-state index contributed by atoms with van der Waals surface area (Å²) in [6.07, 6.45) is 0.288. The van der Waals surface area contributed by atoms with Gasteiger partial charge in [0.25, 0.3) is 0 Å². The molecule has 2 N–H and O–H groups in total. The summed E-state index contributed by atoms with van der Waals surface area (Å²) < 4.78 is 9.56. The zero-order chi connectivity index (χ0) is 12.0. The van der Waals surface area contributed by atoms with E-state index >= 15 is 0 Å². The largest absolute Gasteiger partial charge is 0.469 e. The summed E-state index contributed by atoms with van der Waals surface area (Å²) in [5.74, 6) is -0.242. The molecule has 0 bridgehead atoms. The third-order valence-electron chi connectivity index (χ3n) is 2.33. The second-order valence-corrected chi connectivity index (χ2v) is 3.56. The van der Waals surface area contributed by atoms with Gasteiger partial charge in [0, 0.05) is 7.11 Å². The first-order valence-electron chi connectivity index (χ1n) is 5.07. The summed E-state index contributed by atoms with van der Waals surface area (Å²) in [7, 11) is 3.00. The van der Waals surface area contributed by atoms with E-state index in [1.807, 2.05) is 24.3 Å². The van der Waals surface area contributed by atoms with Gasteiger partial charge in [-0.25, -0.2) is 0 Å². The van der Waals surface area contributed by atoms with Gasteiger partial charge in [0.2, 0.25) is 0 Å². The maximum absolute atomic E-state index is 11.0. The molecule has 0 amide bonds. The minimum atomic E-state index is -0.242. The third kappa shape index (κ3) is 3.64. The van der Waals surface area contributed by atoms with Gasteiger partial charge in [0.1, 0.15) is 0 Å². The Morgan fingerprint density at radius 2 is 1.94 bits per heavy atom. The van der Waals surface area contributed by atoms with Crippen molar-refractivity contribution in [3.8, 4) is 0 Å². The van der Waals surface area contributed by atoms with Gasteiger partial charge in [0.15, 0.2) is 0 Å². The van der Waals surface area contributed by atoms with Crippen molar-refractivity contribution >= 4 is 5.97 Å². The van der Waals surface area contributed by atoms with Crippen LogP contribution >= 0.6 is 0 Å². The quantitative estimate of drug-likeness (QED) is 0.758. The number of carbonyl (C=O) groups excluding carboxylic acids is 1. The molecule has 0 aliphatic rings. The van der Waals surface area contributed by atoms with E-state index in [0.717, 1.165) is 11.1 Å². The lowest BCUT2D eigenvalue weighted by Crippen LogP contribution is -2.16. The monoisotopic (exact) mass is 223 g/mol. The van der Waals surface area contributed by atoms with Crippen LogP contribution in [0.15, 0.2) is 24.3 Å². The second kappa shape index (κ2) is 6.25. The molecule has 0 saturated carbocycles. The first-order valence-corrected chi connectivity index (χ1v) is 5.07. The summed E-state index contributed by atoms with van der Waals surface area (Å²) in [4.78, 5) is 11.0. The lowest BCUT2D eigenvalue weighted by Gasteiger charge is -2.11. The van der Waals surface area contributed by atoms with Gasteiger partial charge in [-0.2, -0.15) is 0 Å². The molecule has 1 aromatic rings. The van der Waals surface area contributed by atoms with E-state index in [0.29, 0.717) is 6.61 Å². The predicted molar refractivity (Wildman–Crippen MR) is 61.0 cm³/mol. The van der Waals surface area contributed by atoms with Gasteiger partial charge >= 0.3 is 5.97 Å². The Morgan fingerprint density at radius 1 is 1.31 bits per heavy atom. The molecule has 1 rings (SSSR count). The van der Waals surface area contributed by atoms with Crippen molar-refractivity contribution in [2.45, 2.75) is 12.5 Å². The van der Waals surface area contributed by atoms with Crippen LogP contribution in [0.4, 0.5) is 0 Å². The number of esters is 1. The van der Waals surface area contributed by atoms with E-state index in [1.165, 1.54) is 7.11 Å². The first kappa shape index (κ1) is 12.7. The lowest BCUT2D eigenvalue weighted by atomic mass is 10.0. The molecule has 1 aromatic carbocycles. The molecule has 16 heavy (non-hydrogen) atoms. The Balaban J connectivity index is 2.64. The Bertz CT molecular complexity index is 335. The molecule has 1 atom stereocenters. The van der Waals surface area contributed by atoms with Crippen LogP contribution in [-0.2, 0) is 20.7 Å². The fraction of sp³-hybridized carbons (Fsp3) is 0.417. The Labute approximate surface area is 95.3 Å². The molecule has 0 unspecified atom stereocenters. The van der Waals surface area contributed by atoms with Gasteiger partial charge < -0.3 is 15.2 Å². The lowest BCUT2D eigenvalue weighted by molar-refractivity contribution is -0.139. The van der Waals surface area contributed by atoms with Crippen LogP contribution in [0.2, 0.25) is 0 Å². The van der Waals surface area contributed by atoms with Crippen molar-refractivity contribution in [1.82, 2.24) is 0 Å². The van der Waals surface area contributed by atoms with Crippen molar-refractivity contribution in [2.24, 2.45) is 5.73 Å². The van der Waals surface area contributed by atoms with Gasteiger partial charge in [-0.3, -0.25) is 4.79 Å². The maximum atomic E-state index is 11.0. The molecule has 0 aliphatic heterocycles. The summed E-state index contributed by atoms with van der Waals surface area (Å²) in [5, 5.41) is 0.